The average molecular weight is 264 g/mol. The van der Waals surface area contributed by atoms with Gasteiger partial charge in [-0.2, -0.15) is 0 Å². The van der Waals surface area contributed by atoms with Crippen molar-refractivity contribution in [3.05, 3.63) is 28.5 Å². The van der Waals surface area contributed by atoms with Crippen LogP contribution in [0.1, 0.15) is 5.69 Å². The van der Waals surface area contributed by atoms with E-state index in [0.717, 1.165) is 23.3 Å². The summed E-state index contributed by atoms with van der Waals surface area (Å²) < 4.78 is 1.01. The number of halogens is 2. The molecular formula is C9H12BrClN2. The van der Waals surface area contributed by atoms with E-state index in [9.17, 15) is 0 Å². The van der Waals surface area contributed by atoms with Gasteiger partial charge in [0.25, 0.3) is 0 Å². The van der Waals surface area contributed by atoms with E-state index in [0.29, 0.717) is 5.88 Å². The van der Waals surface area contributed by atoms with Crippen LogP contribution in [0, 0.1) is 0 Å². The largest absolute Gasteiger partial charge is 0.299 e. The third kappa shape index (κ3) is 4.07. The van der Waals surface area contributed by atoms with Gasteiger partial charge in [0.05, 0.1) is 5.69 Å². The van der Waals surface area contributed by atoms with Crippen molar-refractivity contribution in [1.29, 1.82) is 0 Å². The van der Waals surface area contributed by atoms with Gasteiger partial charge < -0.3 is 0 Å². The molecule has 4 heteroatoms. The van der Waals surface area contributed by atoms with Crippen LogP contribution in [0.4, 0.5) is 0 Å². The summed E-state index contributed by atoms with van der Waals surface area (Å²) in [5.41, 5.74) is 1.07. The van der Waals surface area contributed by atoms with Gasteiger partial charge in [-0.15, -0.1) is 11.6 Å². The second-order valence-corrected chi connectivity index (χ2v) is 4.19. The molecule has 0 unspecified atom stereocenters. The lowest BCUT2D eigenvalue weighted by atomic mass is 10.3. The fraction of sp³-hybridized carbons (Fsp3) is 0.444. The molecule has 2 nitrogen and oxygen atoms in total. The summed E-state index contributed by atoms with van der Waals surface area (Å²) in [6, 6.07) is 4.01. The minimum atomic E-state index is 0.660. The summed E-state index contributed by atoms with van der Waals surface area (Å²) in [7, 11) is 2.03. The molecule has 1 aromatic heterocycles. The highest BCUT2D eigenvalue weighted by Crippen LogP contribution is 2.08. The molecular weight excluding hydrogens is 251 g/mol. The Morgan fingerprint density at radius 2 is 2.31 bits per heavy atom. The van der Waals surface area contributed by atoms with E-state index in [4.69, 9.17) is 11.6 Å². The number of pyridine rings is 1. The first-order chi connectivity index (χ1) is 6.22. The van der Waals surface area contributed by atoms with Gasteiger partial charge in [0, 0.05) is 29.6 Å². The molecule has 0 N–H and O–H groups in total. The van der Waals surface area contributed by atoms with Crippen molar-refractivity contribution in [3.63, 3.8) is 0 Å². The fourth-order valence-electron chi connectivity index (χ4n) is 1.000. The first-order valence-corrected chi connectivity index (χ1v) is 5.40. The van der Waals surface area contributed by atoms with Crippen LogP contribution >= 0.6 is 27.5 Å². The molecule has 0 amide bonds. The second kappa shape index (κ2) is 5.58. The van der Waals surface area contributed by atoms with E-state index in [1.165, 1.54) is 0 Å². The third-order valence-corrected chi connectivity index (χ3v) is 2.32. The smallest absolute Gasteiger partial charge is 0.0544 e. The maximum absolute atomic E-state index is 5.62. The monoisotopic (exact) mass is 262 g/mol. The summed E-state index contributed by atoms with van der Waals surface area (Å²) >= 11 is 8.96. The predicted octanol–water partition coefficient (Wildman–Crippen LogP) is 2.51. The zero-order chi connectivity index (χ0) is 9.68. The Labute approximate surface area is 92.0 Å². The highest BCUT2D eigenvalue weighted by atomic mass is 79.9. The molecule has 0 aliphatic carbocycles. The van der Waals surface area contributed by atoms with Crippen LogP contribution in [-0.2, 0) is 6.54 Å². The molecule has 13 heavy (non-hydrogen) atoms. The summed E-state index contributed by atoms with van der Waals surface area (Å²) in [6.07, 6.45) is 1.81. The molecule has 0 fully saturated rings. The van der Waals surface area contributed by atoms with E-state index in [2.05, 4.69) is 25.8 Å². The van der Waals surface area contributed by atoms with E-state index < -0.39 is 0 Å². The van der Waals surface area contributed by atoms with Crippen molar-refractivity contribution in [2.45, 2.75) is 6.54 Å². The maximum atomic E-state index is 5.62. The van der Waals surface area contributed by atoms with Crippen molar-refractivity contribution in [2.75, 3.05) is 19.5 Å². The zero-order valence-corrected chi connectivity index (χ0v) is 9.85. The van der Waals surface area contributed by atoms with Crippen molar-refractivity contribution < 1.29 is 0 Å². The molecule has 0 saturated heterocycles. The van der Waals surface area contributed by atoms with E-state index >= 15 is 0 Å². The van der Waals surface area contributed by atoms with Gasteiger partial charge in [-0.05, 0) is 35.1 Å². The first kappa shape index (κ1) is 11.0. The number of alkyl halides is 1. The van der Waals surface area contributed by atoms with Gasteiger partial charge in [0.2, 0.25) is 0 Å². The Morgan fingerprint density at radius 1 is 1.54 bits per heavy atom. The summed E-state index contributed by atoms with van der Waals surface area (Å²) in [6.45, 7) is 1.74. The highest BCUT2D eigenvalue weighted by molar-refractivity contribution is 9.10. The number of nitrogens with zero attached hydrogens (tertiary/aromatic N) is 2. The number of hydrogen-bond donors (Lipinski definition) is 0. The Hall–Kier alpha value is -0.120. The minimum absolute atomic E-state index is 0.660. The van der Waals surface area contributed by atoms with Crippen LogP contribution in [0.5, 0.6) is 0 Å². The molecule has 0 aromatic carbocycles. The molecule has 0 aliphatic heterocycles. The average Bonchev–Trinajstić information content (AvgIpc) is 2.09. The molecule has 0 atom stereocenters. The van der Waals surface area contributed by atoms with Gasteiger partial charge >= 0.3 is 0 Å². The Morgan fingerprint density at radius 3 is 2.85 bits per heavy atom. The van der Waals surface area contributed by atoms with Crippen LogP contribution in [0.25, 0.3) is 0 Å². The lowest BCUT2D eigenvalue weighted by Gasteiger charge is -2.13. The SMILES string of the molecule is CN(CCCl)Cc1ccc(Br)cn1. The van der Waals surface area contributed by atoms with Crippen LogP contribution in [-0.4, -0.2) is 29.4 Å². The first-order valence-electron chi connectivity index (χ1n) is 4.07. The zero-order valence-electron chi connectivity index (χ0n) is 7.50. The molecule has 1 aromatic rings. The van der Waals surface area contributed by atoms with Crippen molar-refractivity contribution in [2.24, 2.45) is 0 Å². The molecule has 0 spiro atoms. The predicted molar refractivity (Wildman–Crippen MR) is 59.0 cm³/mol. The lowest BCUT2D eigenvalue weighted by molar-refractivity contribution is 0.343. The Kier molecular flexibility index (Phi) is 4.70. The fourth-order valence-corrected chi connectivity index (χ4v) is 1.52. The van der Waals surface area contributed by atoms with E-state index in [1.54, 1.807) is 0 Å². The highest BCUT2D eigenvalue weighted by Gasteiger charge is 1.99. The standard InChI is InChI=1S/C9H12BrClN2/c1-13(5-4-11)7-9-3-2-8(10)6-12-9/h2-3,6H,4-5,7H2,1H3. The van der Waals surface area contributed by atoms with Gasteiger partial charge in [-0.1, -0.05) is 0 Å². The molecule has 0 radical (unpaired) electrons. The summed E-state index contributed by atoms with van der Waals surface area (Å²) in [5, 5.41) is 0. The van der Waals surface area contributed by atoms with Gasteiger partial charge in [-0.3, -0.25) is 9.88 Å². The molecule has 72 valence electrons. The molecule has 0 bridgehead atoms. The normalized spacial score (nSPS) is 10.8. The van der Waals surface area contributed by atoms with Crippen molar-refractivity contribution >= 4 is 27.5 Å². The van der Waals surface area contributed by atoms with E-state index in [1.807, 2.05) is 25.4 Å². The molecule has 0 saturated carbocycles. The van der Waals surface area contributed by atoms with Crippen molar-refractivity contribution in [3.8, 4) is 0 Å². The number of hydrogen-bond acceptors (Lipinski definition) is 2. The third-order valence-electron chi connectivity index (χ3n) is 1.69. The van der Waals surface area contributed by atoms with Crippen molar-refractivity contribution in [1.82, 2.24) is 9.88 Å². The van der Waals surface area contributed by atoms with Crippen LogP contribution < -0.4 is 0 Å². The molecule has 1 heterocycles. The number of aromatic nitrogens is 1. The van der Waals surface area contributed by atoms with Gasteiger partial charge in [-0.25, -0.2) is 0 Å². The maximum Gasteiger partial charge on any atom is 0.0544 e. The van der Waals surface area contributed by atoms with Crippen LogP contribution in [0.3, 0.4) is 0 Å². The van der Waals surface area contributed by atoms with Gasteiger partial charge in [0.1, 0.15) is 0 Å². The van der Waals surface area contributed by atoms with Gasteiger partial charge in [0.15, 0.2) is 0 Å². The minimum Gasteiger partial charge on any atom is -0.299 e. The van der Waals surface area contributed by atoms with Crippen LogP contribution in [0.15, 0.2) is 22.8 Å². The molecule has 0 aliphatic rings. The summed E-state index contributed by atoms with van der Waals surface area (Å²) in [5.74, 6) is 0.660. The quantitative estimate of drug-likeness (QED) is 0.776. The van der Waals surface area contributed by atoms with E-state index in [-0.39, 0.29) is 0 Å². The lowest BCUT2D eigenvalue weighted by Crippen LogP contribution is -2.20. The summed E-state index contributed by atoms with van der Waals surface area (Å²) in [4.78, 5) is 6.41. The topological polar surface area (TPSA) is 16.1 Å². The second-order valence-electron chi connectivity index (χ2n) is 2.89. The molecule has 1 rings (SSSR count). The number of rotatable bonds is 4. The Bertz CT molecular complexity index is 250. The van der Waals surface area contributed by atoms with Crippen LogP contribution in [0.2, 0.25) is 0 Å². The Balaban J connectivity index is 2.49.